The first-order chi connectivity index (χ1) is 27.5. The molecule has 2 aliphatic carbocycles. The first kappa shape index (κ1) is 38.6. The number of benzene rings is 2. The molecule has 0 radical (unpaired) electrons. The topological polar surface area (TPSA) is 138 Å². The molecule has 0 bridgehead atoms. The monoisotopic (exact) mass is 790 g/mol. The molecule has 5 aromatic rings. The van der Waals surface area contributed by atoms with Crippen molar-refractivity contribution in [3.05, 3.63) is 94.6 Å². The molecule has 12 nitrogen and oxygen atoms in total. The first-order valence-electron chi connectivity index (χ1n) is 19.9. The number of rotatable bonds is 12. The highest BCUT2D eigenvalue weighted by Gasteiger charge is 2.38. The Morgan fingerprint density at radius 2 is 1.79 bits per heavy atom. The van der Waals surface area contributed by atoms with Crippen molar-refractivity contribution in [1.29, 1.82) is 0 Å². The van der Waals surface area contributed by atoms with Crippen molar-refractivity contribution in [3.63, 3.8) is 0 Å². The molecule has 0 saturated heterocycles. The van der Waals surface area contributed by atoms with Crippen LogP contribution in [0, 0.1) is 6.92 Å². The van der Waals surface area contributed by atoms with Crippen LogP contribution >= 0.6 is 0 Å². The summed E-state index contributed by atoms with van der Waals surface area (Å²) in [5, 5.41) is 5.40. The summed E-state index contributed by atoms with van der Waals surface area (Å²) in [5.74, 6) is 0.176. The van der Waals surface area contributed by atoms with Gasteiger partial charge in [-0.1, -0.05) is 25.3 Å². The maximum atomic E-state index is 14.7. The minimum Gasteiger partial charge on any atom is -0.497 e. The van der Waals surface area contributed by atoms with Gasteiger partial charge >= 0.3 is 0 Å². The first-order valence-corrected chi connectivity index (χ1v) is 21.5. The van der Waals surface area contributed by atoms with Gasteiger partial charge in [0.2, 0.25) is 10.0 Å². The van der Waals surface area contributed by atoms with Crippen molar-refractivity contribution in [3.8, 4) is 22.7 Å². The Morgan fingerprint density at radius 1 is 1.00 bits per heavy atom. The highest BCUT2D eigenvalue weighted by molar-refractivity contribution is 7.91. The van der Waals surface area contributed by atoms with Crippen LogP contribution in [0.5, 0.6) is 5.75 Å². The Kier molecular flexibility index (Phi) is 10.6. The highest BCUT2D eigenvalue weighted by atomic mass is 32.2. The maximum absolute atomic E-state index is 14.7. The zero-order chi connectivity index (χ0) is 40.0. The SMILES string of the molecule is CCN(C[C@@H](C)OC)C(=O)c1cnn(-c2ccncc2C)c1C1=Cc2cc(OC)ccc2-c2c(C3CCCCC3)c3ccc(C(=O)NS(=O)(=O)C4CC4)cc3n2C1. The Balaban J connectivity index is 1.38. The molecule has 3 aromatic heterocycles. The number of aryl methyl sites for hydroxylation is 1. The second-order valence-corrected chi connectivity index (χ2v) is 17.5. The van der Waals surface area contributed by atoms with Gasteiger partial charge in [-0.3, -0.25) is 14.6 Å². The van der Waals surface area contributed by atoms with Crippen molar-refractivity contribution in [2.75, 3.05) is 27.3 Å². The molecular weight excluding hydrogens is 741 g/mol. The molecule has 8 rings (SSSR count). The van der Waals surface area contributed by atoms with Gasteiger partial charge in [0.25, 0.3) is 11.8 Å². The molecule has 1 atom stereocenters. The fourth-order valence-corrected chi connectivity index (χ4v) is 9.89. The third-order valence-electron chi connectivity index (χ3n) is 11.8. The number of amides is 2. The quantitative estimate of drug-likeness (QED) is 0.137. The third-order valence-corrected chi connectivity index (χ3v) is 13.6. The summed E-state index contributed by atoms with van der Waals surface area (Å²) in [6, 6.07) is 13.6. The zero-order valence-electron chi connectivity index (χ0n) is 33.2. The normalized spacial score (nSPS) is 16.3. The molecule has 2 fully saturated rings. The molecule has 3 aliphatic rings. The zero-order valence-corrected chi connectivity index (χ0v) is 34.1. The van der Waals surface area contributed by atoms with E-state index in [2.05, 4.69) is 26.4 Å². The standard InChI is InChI=1S/C44H50N6O6S/c1-6-48(25-28(3)55-4)44(52)37-24-46-50(38-18-19-45-23-27(38)2)41(37)32-20-31-21-33(56-5)13-17-35(31)42-40(29-10-8-7-9-11-29)36-16-12-30(22-39(36)49(42)26-32)43(51)47-57(53,54)34-14-15-34/h12-13,16-24,28-29,34H,6-11,14-15,25-26H2,1-5H3,(H,47,51)/t28-/m1/s1. The van der Waals surface area contributed by atoms with E-state index in [4.69, 9.17) is 14.6 Å². The number of fused-ring (bicyclic) bond motifs is 5. The lowest BCUT2D eigenvalue weighted by molar-refractivity contribution is 0.0551. The van der Waals surface area contributed by atoms with E-state index in [-0.39, 0.29) is 23.5 Å². The molecule has 0 spiro atoms. The van der Waals surface area contributed by atoms with E-state index >= 15 is 0 Å². The van der Waals surface area contributed by atoms with Crippen LogP contribution in [0.15, 0.2) is 61.1 Å². The van der Waals surface area contributed by atoms with E-state index < -0.39 is 21.2 Å². The molecule has 2 amide bonds. The number of pyridine rings is 1. The van der Waals surface area contributed by atoms with Crippen LogP contribution in [-0.2, 0) is 21.3 Å². The smallest absolute Gasteiger partial charge is 0.264 e. The number of nitrogens with zero attached hydrogens (tertiary/aromatic N) is 5. The Labute approximate surface area is 333 Å². The molecule has 13 heteroatoms. The van der Waals surface area contributed by atoms with E-state index in [1.165, 1.54) is 12.0 Å². The number of carbonyl (C=O) groups excluding carboxylic acids is 2. The van der Waals surface area contributed by atoms with E-state index in [1.807, 2.05) is 55.8 Å². The molecule has 1 aliphatic heterocycles. The minimum absolute atomic E-state index is 0.165. The fraction of sp³-hybridized carbons (Fsp3) is 0.409. The van der Waals surface area contributed by atoms with Gasteiger partial charge in [0.1, 0.15) is 5.75 Å². The van der Waals surface area contributed by atoms with Gasteiger partial charge in [0, 0.05) is 54.6 Å². The summed E-state index contributed by atoms with van der Waals surface area (Å²) in [6.45, 7) is 7.08. The largest absolute Gasteiger partial charge is 0.497 e. The minimum atomic E-state index is -3.76. The average Bonchev–Trinajstić information content (AvgIpc) is 3.97. The molecule has 0 unspecified atom stereocenters. The maximum Gasteiger partial charge on any atom is 0.264 e. The molecule has 2 saturated carbocycles. The number of sulfonamides is 1. The summed E-state index contributed by atoms with van der Waals surface area (Å²) in [5.41, 5.74) is 8.90. The van der Waals surface area contributed by atoms with Crippen LogP contribution < -0.4 is 9.46 Å². The van der Waals surface area contributed by atoms with Crippen LogP contribution in [0.1, 0.15) is 108 Å². The molecule has 298 valence electrons. The average molecular weight is 791 g/mol. The summed E-state index contributed by atoms with van der Waals surface area (Å²) >= 11 is 0. The lowest BCUT2D eigenvalue weighted by Crippen LogP contribution is -2.37. The van der Waals surface area contributed by atoms with Gasteiger partial charge in [-0.2, -0.15) is 5.10 Å². The molecular formula is C44H50N6O6S. The van der Waals surface area contributed by atoms with Crippen LogP contribution in [0.4, 0.5) is 0 Å². The van der Waals surface area contributed by atoms with Crippen molar-refractivity contribution >= 4 is 44.4 Å². The number of aromatic nitrogens is 4. The number of nitrogens with one attached hydrogen (secondary N) is 1. The Morgan fingerprint density at radius 3 is 2.49 bits per heavy atom. The van der Waals surface area contributed by atoms with E-state index in [1.54, 1.807) is 43.8 Å². The van der Waals surface area contributed by atoms with Gasteiger partial charge in [-0.25, -0.2) is 17.8 Å². The van der Waals surface area contributed by atoms with E-state index in [0.29, 0.717) is 49.5 Å². The van der Waals surface area contributed by atoms with Crippen molar-refractivity contribution in [2.45, 2.75) is 89.5 Å². The van der Waals surface area contributed by atoms with Gasteiger partial charge in [-0.15, -0.1) is 0 Å². The predicted molar refractivity (Wildman–Crippen MR) is 221 cm³/mol. The van der Waals surface area contributed by atoms with Crippen LogP contribution in [0.25, 0.3) is 39.5 Å². The number of allylic oxidation sites excluding steroid dienone is 1. The lowest BCUT2D eigenvalue weighted by atomic mass is 9.81. The number of ether oxygens (including phenoxy) is 2. The van der Waals surface area contributed by atoms with Gasteiger partial charge < -0.3 is 18.9 Å². The number of methoxy groups -OCH3 is 2. The van der Waals surface area contributed by atoms with E-state index in [9.17, 15) is 18.0 Å². The number of hydrogen-bond donors (Lipinski definition) is 1. The van der Waals surface area contributed by atoms with Crippen molar-refractivity contribution in [2.24, 2.45) is 0 Å². The molecule has 2 aromatic carbocycles. The van der Waals surface area contributed by atoms with Crippen molar-refractivity contribution < 1.29 is 27.5 Å². The summed E-state index contributed by atoms with van der Waals surface area (Å²) in [6.07, 6.45) is 13.8. The van der Waals surface area contributed by atoms with Gasteiger partial charge in [0.05, 0.1) is 53.8 Å². The summed E-state index contributed by atoms with van der Waals surface area (Å²) in [4.78, 5) is 34.4. The second kappa shape index (κ2) is 15.6. The van der Waals surface area contributed by atoms with Crippen LogP contribution in [-0.4, -0.2) is 83.1 Å². The van der Waals surface area contributed by atoms with Crippen LogP contribution in [0.3, 0.4) is 0 Å². The second-order valence-electron chi connectivity index (χ2n) is 15.6. The third kappa shape index (κ3) is 7.27. The summed E-state index contributed by atoms with van der Waals surface area (Å²) < 4.78 is 43.6. The highest BCUT2D eigenvalue weighted by Crippen LogP contribution is 2.48. The number of likely N-dealkylation sites (N-methyl/N-ethyl adjacent to an activating group) is 1. The van der Waals surface area contributed by atoms with Gasteiger partial charge in [0.15, 0.2) is 0 Å². The fourth-order valence-electron chi connectivity index (χ4n) is 8.59. The molecule has 4 heterocycles. The van der Waals surface area contributed by atoms with Gasteiger partial charge in [-0.05, 0) is 117 Å². The van der Waals surface area contributed by atoms with Crippen molar-refractivity contribution in [1.82, 2.24) is 29.0 Å². The molecule has 1 N–H and O–H groups in total. The number of hydrogen-bond acceptors (Lipinski definition) is 8. The number of carbonyl (C=O) groups is 2. The Bertz CT molecular complexity index is 2510. The van der Waals surface area contributed by atoms with E-state index in [0.717, 1.165) is 70.2 Å². The lowest BCUT2D eigenvalue weighted by Gasteiger charge is -2.24. The summed E-state index contributed by atoms with van der Waals surface area (Å²) in [7, 11) is -0.464. The predicted octanol–water partition coefficient (Wildman–Crippen LogP) is 7.53. The Hall–Kier alpha value is -5.27. The van der Waals surface area contributed by atoms with Crippen LogP contribution in [0.2, 0.25) is 0 Å². The molecule has 57 heavy (non-hydrogen) atoms.